The van der Waals surface area contributed by atoms with Gasteiger partial charge in [-0.15, -0.1) is 0 Å². The van der Waals surface area contributed by atoms with Gasteiger partial charge < -0.3 is 0 Å². The van der Waals surface area contributed by atoms with Crippen LogP contribution in [-0.2, 0) is 6.42 Å². The molecule has 3 heteroatoms. The monoisotopic (exact) mass is 183 g/mol. The van der Waals surface area contributed by atoms with Gasteiger partial charge in [-0.1, -0.05) is 18.5 Å². The molecule has 0 radical (unpaired) electrons. The van der Waals surface area contributed by atoms with E-state index in [-0.39, 0.29) is 10.6 Å². The minimum absolute atomic E-state index is 0.0133. The van der Waals surface area contributed by atoms with Gasteiger partial charge in [-0.05, 0) is 24.1 Å². The first-order valence-corrected chi connectivity index (χ1v) is 3.94. The molecule has 1 aromatic carbocycles. The predicted octanol–water partition coefficient (Wildman–Crippen LogP) is 2.91. The molecule has 0 saturated heterocycles. The van der Waals surface area contributed by atoms with Crippen LogP contribution in [0.1, 0.15) is 18.1 Å². The fourth-order valence-corrected chi connectivity index (χ4v) is 1.17. The fourth-order valence-electron chi connectivity index (χ4n) is 0.931. The van der Waals surface area contributed by atoms with Crippen LogP contribution in [0.5, 0.6) is 0 Å². The third-order valence-electron chi connectivity index (χ3n) is 1.62. The number of nitriles is 1. The molecule has 0 fully saturated rings. The van der Waals surface area contributed by atoms with Gasteiger partial charge >= 0.3 is 0 Å². The molecule has 0 unspecified atom stereocenters. The highest BCUT2D eigenvalue weighted by Crippen LogP contribution is 2.20. The Morgan fingerprint density at radius 2 is 2.25 bits per heavy atom. The van der Waals surface area contributed by atoms with Crippen LogP contribution in [-0.4, -0.2) is 0 Å². The summed E-state index contributed by atoms with van der Waals surface area (Å²) in [6.07, 6.45) is 0.745. The van der Waals surface area contributed by atoms with Crippen LogP contribution >= 0.6 is 11.6 Å². The van der Waals surface area contributed by atoms with Crippen LogP contribution in [0.15, 0.2) is 12.1 Å². The number of halogens is 2. The van der Waals surface area contributed by atoms with Gasteiger partial charge in [0.1, 0.15) is 6.07 Å². The summed E-state index contributed by atoms with van der Waals surface area (Å²) in [4.78, 5) is 0. The highest BCUT2D eigenvalue weighted by atomic mass is 35.5. The Morgan fingerprint density at radius 1 is 1.58 bits per heavy atom. The van der Waals surface area contributed by atoms with Crippen molar-refractivity contribution in [3.05, 3.63) is 34.1 Å². The summed E-state index contributed by atoms with van der Waals surface area (Å²) in [5, 5.41) is 8.53. The van der Waals surface area contributed by atoms with Gasteiger partial charge in [-0.25, -0.2) is 4.39 Å². The summed E-state index contributed by atoms with van der Waals surface area (Å²) in [5.41, 5.74) is 0.886. The normalized spacial score (nSPS) is 9.50. The van der Waals surface area contributed by atoms with Gasteiger partial charge in [0, 0.05) is 0 Å². The lowest BCUT2D eigenvalue weighted by molar-refractivity contribution is 0.623. The summed E-state index contributed by atoms with van der Waals surface area (Å²) < 4.78 is 13.0. The van der Waals surface area contributed by atoms with Gasteiger partial charge in [-0.2, -0.15) is 5.26 Å². The van der Waals surface area contributed by atoms with Gasteiger partial charge in [-0.3, -0.25) is 0 Å². The third kappa shape index (κ3) is 1.57. The Labute approximate surface area is 75.4 Å². The average molecular weight is 184 g/mol. The molecule has 12 heavy (non-hydrogen) atoms. The minimum atomic E-state index is -0.628. The van der Waals surface area contributed by atoms with E-state index in [2.05, 4.69) is 0 Å². The van der Waals surface area contributed by atoms with E-state index in [4.69, 9.17) is 16.9 Å². The van der Waals surface area contributed by atoms with Crippen LogP contribution in [0.4, 0.5) is 4.39 Å². The van der Waals surface area contributed by atoms with E-state index in [1.54, 1.807) is 6.07 Å². The quantitative estimate of drug-likeness (QED) is 0.657. The Bertz CT molecular complexity index is 341. The SMILES string of the molecule is CCc1cc(Cl)c(F)c(C#N)c1. The molecule has 0 aliphatic rings. The van der Waals surface area contributed by atoms with E-state index in [0.717, 1.165) is 12.0 Å². The van der Waals surface area contributed by atoms with E-state index >= 15 is 0 Å². The largest absolute Gasteiger partial charge is 0.204 e. The van der Waals surface area contributed by atoms with Gasteiger partial charge in [0.15, 0.2) is 5.82 Å². The molecule has 1 nitrogen and oxygen atoms in total. The summed E-state index contributed by atoms with van der Waals surface area (Å²) in [7, 11) is 0. The fraction of sp³-hybridized carbons (Fsp3) is 0.222. The Kier molecular flexibility index (Phi) is 2.67. The maximum absolute atomic E-state index is 13.0. The lowest BCUT2D eigenvalue weighted by Crippen LogP contribution is -1.89. The van der Waals surface area contributed by atoms with E-state index in [0.29, 0.717) is 0 Å². The maximum atomic E-state index is 13.0. The Morgan fingerprint density at radius 3 is 2.75 bits per heavy atom. The number of hydrogen-bond acceptors (Lipinski definition) is 1. The molecular formula is C9H7ClFN. The molecule has 0 amide bonds. The number of aryl methyl sites for hydroxylation is 1. The van der Waals surface area contributed by atoms with Crippen molar-refractivity contribution in [2.75, 3.05) is 0 Å². The van der Waals surface area contributed by atoms with Gasteiger partial charge in [0.25, 0.3) is 0 Å². The Balaban J connectivity index is 3.31. The van der Waals surface area contributed by atoms with Crippen LogP contribution in [0.3, 0.4) is 0 Å². The molecule has 1 aromatic rings. The molecule has 0 atom stereocenters. The second-order valence-corrected chi connectivity index (χ2v) is 2.81. The number of hydrogen-bond donors (Lipinski definition) is 0. The zero-order chi connectivity index (χ0) is 9.14. The number of nitrogens with zero attached hydrogens (tertiary/aromatic N) is 1. The van der Waals surface area contributed by atoms with Crippen LogP contribution in [0.25, 0.3) is 0 Å². The van der Waals surface area contributed by atoms with Crippen LogP contribution in [0, 0.1) is 17.1 Å². The average Bonchev–Trinajstić information content (AvgIpc) is 2.09. The molecule has 0 N–H and O–H groups in total. The van der Waals surface area contributed by atoms with Crippen LogP contribution in [0.2, 0.25) is 5.02 Å². The summed E-state index contributed by atoms with van der Waals surface area (Å²) >= 11 is 5.55. The van der Waals surface area contributed by atoms with Crippen LogP contribution < -0.4 is 0 Å². The smallest absolute Gasteiger partial charge is 0.159 e. The highest BCUT2D eigenvalue weighted by molar-refractivity contribution is 6.30. The molecule has 1 rings (SSSR count). The lowest BCUT2D eigenvalue weighted by Gasteiger charge is -2.00. The molecule has 0 spiro atoms. The minimum Gasteiger partial charge on any atom is -0.204 e. The second kappa shape index (κ2) is 3.55. The van der Waals surface area contributed by atoms with E-state index in [1.165, 1.54) is 12.1 Å². The summed E-state index contributed by atoms with van der Waals surface area (Å²) in [5.74, 6) is -0.628. The van der Waals surface area contributed by atoms with Crippen molar-refractivity contribution in [1.29, 1.82) is 5.26 Å². The number of benzene rings is 1. The third-order valence-corrected chi connectivity index (χ3v) is 1.89. The first-order valence-electron chi connectivity index (χ1n) is 3.57. The summed E-state index contributed by atoms with van der Waals surface area (Å²) in [6, 6.07) is 4.81. The standard InChI is InChI=1S/C9H7ClFN/c1-2-6-3-7(5-12)9(11)8(10)4-6/h3-4H,2H2,1H3. The molecule has 62 valence electrons. The topological polar surface area (TPSA) is 23.8 Å². The molecule has 0 saturated carbocycles. The van der Waals surface area contributed by atoms with Crippen molar-refractivity contribution in [2.24, 2.45) is 0 Å². The molecule has 0 heterocycles. The van der Waals surface area contributed by atoms with Crippen molar-refractivity contribution in [3.63, 3.8) is 0 Å². The summed E-state index contributed by atoms with van der Waals surface area (Å²) in [6.45, 7) is 1.92. The molecule has 0 aromatic heterocycles. The zero-order valence-corrected chi connectivity index (χ0v) is 7.32. The highest BCUT2D eigenvalue weighted by Gasteiger charge is 2.07. The lowest BCUT2D eigenvalue weighted by atomic mass is 10.1. The molecule has 0 aliphatic carbocycles. The first kappa shape index (κ1) is 9.02. The Hall–Kier alpha value is -1.07. The number of rotatable bonds is 1. The molecule has 0 bridgehead atoms. The van der Waals surface area contributed by atoms with E-state index in [1.807, 2.05) is 6.92 Å². The van der Waals surface area contributed by atoms with Crippen molar-refractivity contribution < 1.29 is 4.39 Å². The maximum Gasteiger partial charge on any atom is 0.159 e. The molecule has 0 aliphatic heterocycles. The van der Waals surface area contributed by atoms with E-state index < -0.39 is 5.82 Å². The second-order valence-electron chi connectivity index (χ2n) is 2.40. The van der Waals surface area contributed by atoms with E-state index in [9.17, 15) is 4.39 Å². The molecular weight excluding hydrogens is 177 g/mol. The first-order chi connectivity index (χ1) is 5.69. The van der Waals surface area contributed by atoms with Gasteiger partial charge in [0.2, 0.25) is 0 Å². The van der Waals surface area contributed by atoms with Crippen molar-refractivity contribution in [2.45, 2.75) is 13.3 Å². The van der Waals surface area contributed by atoms with Crippen molar-refractivity contribution >= 4 is 11.6 Å². The van der Waals surface area contributed by atoms with Gasteiger partial charge in [0.05, 0.1) is 10.6 Å². The van der Waals surface area contributed by atoms with Crippen molar-refractivity contribution in [3.8, 4) is 6.07 Å². The predicted molar refractivity (Wildman–Crippen MR) is 45.5 cm³/mol. The zero-order valence-electron chi connectivity index (χ0n) is 6.56. The van der Waals surface area contributed by atoms with Crippen molar-refractivity contribution in [1.82, 2.24) is 0 Å².